The van der Waals surface area contributed by atoms with Crippen LogP contribution >= 0.6 is 0 Å². The molecule has 49 heavy (non-hydrogen) atoms. The minimum atomic E-state index is -3.21. The van der Waals surface area contributed by atoms with Crippen LogP contribution in [0.25, 0.3) is 0 Å². The Balaban J connectivity index is 1.23. The molecule has 0 saturated carbocycles. The van der Waals surface area contributed by atoms with Crippen LogP contribution in [0.2, 0.25) is 5.04 Å². The highest BCUT2D eigenvalue weighted by atomic mass is 28.4. The summed E-state index contributed by atoms with van der Waals surface area (Å²) >= 11 is 0. The lowest BCUT2D eigenvalue weighted by Crippen LogP contribution is -2.67. The number of nitrogens with zero attached hydrogens (tertiary/aromatic N) is 2. The summed E-state index contributed by atoms with van der Waals surface area (Å²) in [5, 5.41) is 8.23. The first-order chi connectivity index (χ1) is 23.9. The smallest absolute Gasteiger partial charge is 0.282 e. The molecule has 3 aromatic carbocycles. The Morgan fingerprint density at radius 3 is 2.31 bits per heavy atom. The molecule has 3 atom stereocenters. The largest absolute Gasteiger partial charge is 0.454 e. The van der Waals surface area contributed by atoms with Crippen molar-refractivity contribution in [3.63, 3.8) is 0 Å². The molecule has 7 rings (SSSR count). The van der Waals surface area contributed by atoms with Crippen molar-refractivity contribution in [3.8, 4) is 11.5 Å². The molecule has 10 heteroatoms. The van der Waals surface area contributed by atoms with E-state index in [9.17, 15) is 0 Å². The van der Waals surface area contributed by atoms with E-state index >= 15 is 8.78 Å². The molecular formula is C39H46F2N4O3Si. The molecule has 1 aromatic heterocycles. The molecule has 2 N–H and O–H groups in total. The van der Waals surface area contributed by atoms with Gasteiger partial charge < -0.3 is 24.5 Å². The first-order valence-corrected chi connectivity index (χ1v) is 19.1. The van der Waals surface area contributed by atoms with Crippen molar-refractivity contribution in [1.82, 2.24) is 15.2 Å². The summed E-state index contributed by atoms with van der Waals surface area (Å²) in [6.45, 7) is 8.82. The number of halogens is 2. The van der Waals surface area contributed by atoms with E-state index in [0.29, 0.717) is 29.3 Å². The zero-order valence-corrected chi connectivity index (χ0v) is 29.6. The van der Waals surface area contributed by atoms with E-state index in [-0.39, 0.29) is 24.9 Å². The molecule has 4 heterocycles. The number of anilines is 1. The summed E-state index contributed by atoms with van der Waals surface area (Å²) in [4.78, 5) is 6.65. The second-order valence-corrected chi connectivity index (χ2v) is 18.9. The van der Waals surface area contributed by atoms with Crippen molar-refractivity contribution in [2.24, 2.45) is 0 Å². The second-order valence-electron chi connectivity index (χ2n) is 14.6. The molecule has 7 nitrogen and oxygen atoms in total. The molecule has 1 saturated heterocycles. The van der Waals surface area contributed by atoms with Gasteiger partial charge >= 0.3 is 0 Å². The van der Waals surface area contributed by atoms with Crippen LogP contribution in [0.15, 0.2) is 91.1 Å². The van der Waals surface area contributed by atoms with Crippen LogP contribution in [0.1, 0.15) is 58.3 Å². The Kier molecular flexibility index (Phi) is 8.90. The molecule has 0 amide bonds. The first-order valence-electron chi connectivity index (χ1n) is 17.7. The van der Waals surface area contributed by atoms with Gasteiger partial charge in [-0.2, -0.15) is 0 Å². The molecule has 4 aromatic rings. The molecular weight excluding hydrogens is 639 g/mol. The summed E-state index contributed by atoms with van der Waals surface area (Å²) in [7, 11) is -3.20. The van der Waals surface area contributed by atoms with E-state index in [1.54, 1.807) is 12.3 Å². The van der Waals surface area contributed by atoms with Crippen molar-refractivity contribution in [1.29, 1.82) is 0 Å². The predicted octanol–water partition coefficient (Wildman–Crippen LogP) is 6.13. The van der Waals surface area contributed by atoms with Crippen LogP contribution in [0.3, 0.4) is 0 Å². The maximum atomic E-state index is 16.7. The molecule has 258 valence electrons. The fourth-order valence-electron chi connectivity index (χ4n) is 7.76. The van der Waals surface area contributed by atoms with Crippen LogP contribution in [0, 0.1) is 0 Å². The van der Waals surface area contributed by atoms with Crippen molar-refractivity contribution in [2.75, 3.05) is 38.4 Å². The number of benzene rings is 3. The SMILES string of the molecule is [2H]c1cc([C@@H]2c3cc4c(cc3C[C@@H](C)N2CC(F)(F)CO[Si](c2ccccc2)(c2ccccc2)C(C)(C)C)OCO4)ncc1N[C@H]1CCNC1. The molecule has 0 radical (unpaired) electrons. The van der Waals surface area contributed by atoms with E-state index in [1.165, 1.54) is 0 Å². The van der Waals surface area contributed by atoms with Crippen LogP contribution < -0.4 is 30.5 Å². The number of aromatic nitrogens is 1. The number of nitrogens with one attached hydrogen (secondary N) is 2. The highest BCUT2D eigenvalue weighted by Crippen LogP contribution is 2.45. The van der Waals surface area contributed by atoms with Gasteiger partial charge in [0.15, 0.2) is 11.5 Å². The zero-order chi connectivity index (χ0) is 35.1. The van der Waals surface area contributed by atoms with E-state index in [4.69, 9.17) is 20.3 Å². The highest BCUT2D eigenvalue weighted by Gasteiger charge is 2.52. The van der Waals surface area contributed by atoms with Crippen LogP contribution in [0.4, 0.5) is 14.5 Å². The van der Waals surface area contributed by atoms with Crippen molar-refractivity contribution < 1.29 is 24.1 Å². The van der Waals surface area contributed by atoms with Gasteiger partial charge in [0.25, 0.3) is 14.2 Å². The summed E-state index contributed by atoms with van der Waals surface area (Å²) in [5.74, 6) is -1.97. The lowest BCUT2D eigenvalue weighted by Gasteiger charge is -2.45. The summed E-state index contributed by atoms with van der Waals surface area (Å²) in [6.07, 6.45) is 3.18. The minimum absolute atomic E-state index is 0.116. The molecule has 3 aliphatic heterocycles. The molecule has 0 bridgehead atoms. The Morgan fingerprint density at radius 1 is 1.02 bits per heavy atom. The molecule has 0 aliphatic carbocycles. The molecule has 1 fully saturated rings. The van der Waals surface area contributed by atoms with Crippen LogP contribution in [0.5, 0.6) is 11.5 Å². The van der Waals surface area contributed by atoms with Crippen molar-refractivity contribution >= 4 is 24.4 Å². The van der Waals surface area contributed by atoms with Gasteiger partial charge in [0.05, 0.1) is 38.1 Å². The second kappa shape index (κ2) is 13.5. The third kappa shape index (κ3) is 6.71. The zero-order valence-electron chi connectivity index (χ0n) is 29.6. The predicted molar refractivity (Wildman–Crippen MR) is 192 cm³/mol. The van der Waals surface area contributed by atoms with Gasteiger partial charge in [0.2, 0.25) is 6.79 Å². The molecule has 3 aliphatic rings. The lowest BCUT2D eigenvalue weighted by molar-refractivity contribution is -0.0821. The van der Waals surface area contributed by atoms with Crippen LogP contribution in [-0.2, 0) is 10.8 Å². The Bertz CT molecular complexity index is 1770. The third-order valence-corrected chi connectivity index (χ3v) is 15.1. The molecule has 0 unspecified atom stereocenters. The highest BCUT2D eigenvalue weighted by molar-refractivity contribution is 6.99. The quantitative estimate of drug-likeness (QED) is 0.195. The van der Waals surface area contributed by atoms with Gasteiger partial charge in [-0.25, -0.2) is 8.78 Å². The summed E-state index contributed by atoms with van der Waals surface area (Å²) in [5.41, 5.74) is 3.01. The van der Waals surface area contributed by atoms with E-state index < -0.39 is 38.5 Å². The number of pyridine rings is 1. The maximum Gasteiger partial charge on any atom is 0.282 e. The van der Waals surface area contributed by atoms with E-state index in [0.717, 1.165) is 41.0 Å². The van der Waals surface area contributed by atoms with Gasteiger partial charge in [0.1, 0.15) is 0 Å². The number of rotatable bonds is 10. The Hall–Kier alpha value is -3.83. The maximum absolute atomic E-state index is 16.7. The van der Waals surface area contributed by atoms with E-state index in [1.807, 2.05) is 84.6 Å². The monoisotopic (exact) mass is 685 g/mol. The van der Waals surface area contributed by atoms with Gasteiger partial charge in [-0.3, -0.25) is 9.88 Å². The topological polar surface area (TPSA) is 67.9 Å². The van der Waals surface area contributed by atoms with Crippen molar-refractivity contribution in [3.05, 3.63) is 108 Å². The van der Waals surface area contributed by atoms with Gasteiger partial charge in [-0.1, -0.05) is 81.4 Å². The Labute approximate surface area is 290 Å². The normalized spacial score (nSPS) is 21.3. The summed E-state index contributed by atoms with van der Waals surface area (Å²) in [6, 6.07) is 24.9. The molecule has 0 spiro atoms. The number of hydrogen-bond donors (Lipinski definition) is 2. The van der Waals surface area contributed by atoms with Gasteiger partial charge in [0, 0.05) is 18.6 Å². The Morgan fingerprint density at radius 2 is 1.69 bits per heavy atom. The number of fused-ring (bicyclic) bond motifs is 2. The summed E-state index contributed by atoms with van der Waals surface area (Å²) < 4.78 is 60.5. The first kappa shape index (κ1) is 32.4. The van der Waals surface area contributed by atoms with Gasteiger partial charge in [-0.05, 0) is 77.1 Å². The average Bonchev–Trinajstić information content (AvgIpc) is 3.78. The third-order valence-electron chi connectivity index (χ3n) is 10.1. The van der Waals surface area contributed by atoms with Crippen molar-refractivity contribution in [2.45, 2.75) is 69.6 Å². The fraction of sp³-hybridized carbons (Fsp3) is 0.410. The number of ether oxygens (including phenoxy) is 2. The van der Waals surface area contributed by atoms with Gasteiger partial charge in [-0.15, -0.1) is 0 Å². The number of hydrogen-bond acceptors (Lipinski definition) is 7. The fourth-order valence-corrected chi connectivity index (χ4v) is 12.3. The minimum Gasteiger partial charge on any atom is -0.454 e. The van der Waals surface area contributed by atoms with E-state index in [2.05, 4.69) is 31.4 Å². The lowest BCUT2D eigenvalue weighted by atomic mass is 9.86. The average molecular weight is 686 g/mol. The number of alkyl halides is 2. The standard InChI is InChI=1S/C39H46F2N4O3Si/c1-27-19-28-20-35-36(47-26-46-35)21-33(28)37(34-16-15-29(23-43-34)44-30-17-18-42-22-30)45(27)24-39(40,41)25-48-49(38(2,3)4,31-11-7-5-8-12-31)32-13-9-6-10-14-32/h5-16,20-21,23,27,30,37,42,44H,17-19,22,24-26H2,1-4H3/t27-,30+,37+/m1/s1/i15D. The van der Waals surface area contributed by atoms with Crippen LogP contribution in [-0.4, -0.2) is 69.2 Å².